The Labute approximate surface area is 277 Å². The third kappa shape index (κ3) is 9.78. The molecule has 0 spiro atoms. The number of carbonyl (C=O) groups excluding carboxylic acids is 1. The van der Waals surface area contributed by atoms with Crippen molar-refractivity contribution in [2.75, 3.05) is 4.90 Å². The van der Waals surface area contributed by atoms with Crippen molar-refractivity contribution in [1.82, 2.24) is 4.90 Å². The van der Waals surface area contributed by atoms with Gasteiger partial charge < -0.3 is 9.64 Å². The average Bonchev–Trinajstić information content (AvgIpc) is 3.34. The summed E-state index contributed by atoms with van der Waals surface area (Å²) in [5.74, 6) is 33.1. The number of anilines is 3. The van der Waals surface area contributed by atoms with Crippen molar-refractivity contribution in [2.24, 2.45) is 4.99 Å². The number of carbonyl (C=O) groups is 1. The highest BCUT2D eigenvalue weighted by molar-refractivity contribution is 6.12. The lowest BCUT2D eigenvalue weighted by molar-refractivity contribution is -0.120. The summed E-state index contributed by atoms with van der Waals surface area (Å²) in [4.78, 5) is 21.0. The van der Waals surface area contributed by atoms with E-state index in [9.17, 15) is 4.79 Å². The first kappa shape index (κ1) is 33.0. The fraction of sp³-hybridized carbons (Fsp3) is 0.143. The van der Waals surface area contributed by atoms with E-state index in [-0.39, 0.29) is 17.8 Å². The van der Waals surface area contributed by atoms with Gasteiger partial charge in [0, 0.05) is 64.7 Å². The van der Waals surface area contributed by atoms with Gasteiger partial charge in [0.2, 0.25) is 0 Å². The largest absolute Gasteiger partial charge is 0.419 e. The Morgan fingerprint density at radius 3 is 1.53 bits per heavy atom. The summed E-state index contributed by atoms with van der Waals surface area (Å²) in [6, 6.07) is 27.4. The monoisotopic (exact) mass is 607 g/mol. The lowest BCUT2D eigenvalue weighted by atomic mass is 10.1. The first-order valence-electron chi connectivity index (χ1n) is 14.6. The van der Waals surface area contributed by atoms with E-state index in [1.807, 2.05) is 38.1 Å². The fourth-order valence-electron chi connectivity index (χ4n) is 4.04. The number of aliphatic imine (C=N–C) groups is 1. The van der Waals surface area contributed by atoms with Gasteiger partial charge in [0.1, 0.15) is 0 Å². The van der Waals surface area contributed by atoms with Crippen LogP contribution in [0.5, 0.6) is 0 Å². The van der Waals surface area contributed by atoms with Crippen LogP contribution in [0.25, 0.3) is 6.08 Å². The second-order valence-electron chi connectivity index (χ2n) is 10.2. The molecule has 0 aliphatic carbocycles. The molecule has 0 unspecified atom stereocenters. The van der Waals surface area contributed by atoms with Gasteiger partial charge in [-0.05, 0) is 118 Å². The second kappa shape index (κ2) is 16.8. The highest BCUT2D eigenvalue weighted by Gasteiger charge is 2.34. The number of ether oxygens (including phenoxy) is 1. The zero-order valence-electron chi connectivity index (χ0n) is 26.7. The van der Waals surface area contributed by atoms with Crippen molar-refractivity contribution >= 4 is 35.1 Å². The second-order valence-corrected chi connectivity index (χ2v) is 10.2. The molecule has 1 saturated heterocycles. The highest BCUT2D eigenvalue weighted by Crippen LogP contribution is 2.35. The zero-order valence-corrected chi connectivity index (χ0v) is 26.7. The first-order chi connectivity index (χ1) is 22.9. The van der Waals surface area contributed by atoms with Gasteiger partial charge in [-0.15, -0.1) is 0 Å². The van der Waals surface area contributed by atoms with Gasteiger partial charge in [0.05, 0.1) is 0 Å². The number of hydrogen-bond acceptors (Lipinski definition) is 4. The van der Waals surface area contributed by atoms with Crippen molar-refractivity contribution in [1.29, 1.82) is 0 Å². The number of benzene rings is 3. The molecule has 1 aliphatic heterocycles. The van der Waals surface area contributed by atoms with Crippen LogP contribution in [0.1, 0.15) is 37.5 Å². The molecule has 4 rings (SSSR count). The van der Waals surface area contributed by atoms with Gasteiger partial charge in [-0.1, -0.05) is 53.4 Å². The van der Waals surface area contributed by atoms with Crippen LogP contribution < -0.4 is 4.90 Å². The summed E-state index contributed by atoms with van der Waals surface area (Å²) in [5.41, 5.74) is 6.22. The minimum atomic E-state index is -0.438. The summed E-state index contributed by atoms with van der Waals surface area (Å²) in [5, 5.41) is 0. The van der Waals surface area contributed by atoms with Gasteiger partial charge in [0.15, 0.2) is 5.76 Å². The molecule has 1 amide bonds. The van der Waals surface area contributed by atoms with Gasteiger partial charge in [-0.2, -0.15) is 4.90 Å². The summed E-state index contributed by atoms with van der Waals surface area (Å²) >= 11 is 0. The maximum Gasteiger partial charge on any atom is 0.313 e. The van der Waals surface area contributed by atoms with Crippen LogP contribution in [-0.2, 0) is 9.53 Å². The van der Waals surface area contributed by atoms with E-state index in [4.69, 9.17) is 4.74 Å². The number of amidine groups is 1. The van der Waals surface area contributed by atoms with Crippen molar-refractivity contribution in [3.8, 4) is 83.0 Å². The molecule has 0 bridgehead atoms. The summed E-state index contributed by atoms with van der Waals surface area (Å²) in [7, 11) is 0. The van der Waals surface area contributed by atoms with Crippen LogP contribution >= 0.6 is 0 Å². The summed E-state index contributed by atoms with van der Waals surface area (Å²) in [6.45, 7) is 9.60. The lowest BCUT2D eigenvalue weighted by Gasteiger charge is -2.25. The van der Waals surface area contributed by atoms with Gasteiger partial charge in [0.25, 0.3) is 0 Å². The van der Waals surface area contributed by atoms with Crippen LogP contribution in [0, 0.1) is 96.9 Å². The Bertz CT molecular complexity index is 2110. The standard InChI is InChI=1S/C42H29N3O2/c1-6-7-8-9-10-11-12-13-14-15-16-17-18-31-44-41(46)40(47-42(44)43-33(2)3)32-36-23-29-39(30-24-36)45(37-25-19-34(4)20-26-37)38-27-21-35(5)22-28-38/h19-30,32-33H,1-5H3. The maximum absolute atomic E-state index is 13.3. The molecule has 0 aromatic heterocycles. The number of rotatable bonds is 5. The molecule has 5 heteroatoms. The highest BCUT2D eigenvalue weighted by atomic mass is 16.5. The average molecular weight is 608 g/mol. The molecule has 224 valence electrons. The minimum absolute atomic E-state index is 0.0932. The minimum Gasteiger partial charge on any atom is -0.419 e. The van der Waals surface area contributed by atoms with E-state index in [0.29, 0.717) is 0 Å². The van der Waals surface area contributed by atoms with Crippen LogP contribution in [-0.4, -0.2) is 22.9 Å². The molecular weight excluding hydrogens is 578 g/mol. The summed E-state index contributed by atoms with van der Waals surface area (Å²) in [6.07, 6.45) is 1.67. The van der Waals surface area contributed by atoms with Crippen molar-refractivity contribution in [3.63, 3.8) is 0 Å². The Hall–Kier alpha value is -6.94. The molecule has 1 aliphatic rings. The maximum atomic E-state index is 13.3. The Balaban J connectivity index is 1.53. The molecular formula is C42H29N3O2. The number of nitrogens with zero attached hydrogens (tertiary/aromatic N) is 3. The van der Waals surface area contributed by atoms with Crippen LogP contribution in [0.2, 0.25) is 0 Å². The third-order valence-electron chi connectivity index (χ3n) is 6.19. The third-order valence-corrected chi connectivity index (χ3v) is 6.19. The normalized spacial score (nSPS) is 12.5. The molecule has 1 heterocycles. The molecule has 0 atom stereocenters. The molecule has 3 aromatic carbocycles. The van der Waals surface area contributed by atoms with Crippen LogP contribution in [0.3, 0.4) is 0 Å². The van der Waals surface area contributed by atoms with Crippen molar-refractivity contribution in [2.45, 2.75) is 40.7 Å². The van der Waals surface area contributed by atoms with E-state index in [2.05, 4.69) is 155 Å². The topological polar surface area (TPSA) is 45.1 Å². The van der Waals surface area contributed by atoms with Gasteiger partial charge in [-0.3, -0.25) is 4.79 Å². The van der Waals surface area contributed by atoms with Crippen molar-refractivity contribution in [3.05, 3.63) is 95.2 Å². The zero-order chi connectivity index (χ0) is 33.4. The molecule has 47 heavy (non-hydrogen) atoms. The van der Waals surface area contributed by atoms with Gasteiger partial charge in [-0.25, -0.2) is 4.99 Å². The van der Waals surface area contributed by atoms with Gasteiger partial charge >= 0.3 is 11.9 Å². The van der Waals surface area contributed by atoms with E-state index in [1.165, 1.54) is 11.1 Å². The Morgan fingerprint density at radius 1 is 0.660 bits per heavy atom. The quantitative estimate of drug-likeness (QED) is 0.239. The lowest BCUT2D eigenvalue weighted by Crippen LogP contribution is -2.25. The van der Waals surface area contributed by atoms with Crippen molar-refractivity contribution < 1.29 is 9.53 Å². The fourth-order valence-corrected chi connectivity index (χ4v) is 4.04. The van der Waals surface area contributed by atoms with E-state index < -0.39 is 5.91 Å². The van der Waals surface area contributed by atoms with E-state index in [1.54, 1.807) is 13.0 Å². The van der Waals surface area contributed by atoms with E-state index >= 15 is 0 Å². The molecule has 0 radical (unpaired) electrons. The first-order valence-corrected chi connectivity index (χ1v) is 14.6. The summed E-state index contributed by atoms with van der Waals surface area (Å²) < 4.78 is 5.85. The molecule has 5 nitrogen and oxygen atoms in total. The Kier molecular flexibility index (Phi) is 11.8. The van der Waals surface area contributed by atoms with Crippen LogP contribution in [0.15, 0.2) is 83.5 Å². The Morgan fingerprint density at radius 2 is 1.09 bits per heavy atom. The molecule has 0 saturated carbocycles. The molecule has 1 fully saturated rings. The predicted molar refractivity (Wildman–Crippen MR) is 189 cm³/mol. The number of amides is 1. The number of hydrogen-bond donors (Lipinski definition) is 0. The van der Waals surface area contributed by atoms with E-state index in [0.717, 1.165) is 27.5 Å². The van der Waals surface area contributed by atoms with Crippen LogP contribution in [0.4, 0.5) is 17.1 Å². The SMILES string of the molecule is CC#CC#CC#CC#CC#CC#CC#CN1C(=O)C(=Cc2ccc(N(c3ccc(C)cc3)c3ccc(C)cc3)cc2)OC1=NC(C)C. The smallest absolute Gasteiger partial charge is 0.313 e. The number of aryl methyl sites for hydroxylation is 2. The molecule has 0 N–H and O–H groups in total. The predicted octanol–water partition coefficient (Wildman–Crippen LogP) is 6.74. The molecule has 3 aromatic rings.